The Kier molecular flexibility index (Phi) is 5.07. The molecule has 0 N–H and O–H groups in total. The third-order valence-electron chi connectivity index (χ3n) is 3.25. The van der Waals surface area contributed by atoms with Crippen molar-refractivity contribution in [3.63, 3.8) is 0 Å². The van der Waals surface area contributed by atoms with E-state index < -0.39 is 47.4 Å². The van der Waals surface area contributed by atoms with Crippen molar-refractivity contribution >= 4 is 0 Å². The van der Waals surface area contributed by atoms with E-state index >= 15 is 0 Å². The number of rotatable bonds is 2. The van der Waals surface area contributed by atoms with Crippen molar-refractivity contribution in [3.8, 4) is 0 Å². The number of halogens is 13. The summed E-state index contributed by atoms with van der Waals surface area (Å²) in [6.07, 6.45) is -31.3. The molecule has 0 saturated carbocycles. The van der Waals surface area contributed by atoms with E-state index in [2.05, 4.69) is 0 Å². The molecule has 0 heterocycles. The number of benzene rings is 1. The van der Waals surface area contributed by atoms with Gasteiger partial charge in [-0.25, -0.2) is 4.39 Å². The van der Waals surface area contributed by atoms with E-state index in [1.54, 1.807) is 0 Å². The van der Waals surface area contributed by atoms with E-state index in [0.717, 1.165) is 0 Å². The smallest absolute Gasteiger partial charge is 0.241 e. The van der Waals surface area contributed by atoms with Crippen molar-refractivity contribution in [2.75, 3.05) is 0 Å². The summed E-state index contributed by atoms with van der Waals surface area (Å²) in [5, 5.41) is 0. The highest BCUT2D eigenvalue weighted by atomic mass is 19.4. The molecule has 0 bridgehead atoms. The highest BCUT2D eigenvalue weighted by molar-refractivity contribution is 5.29. The second kappa shape index (κ2) is 5.94. The molecule has 1 aromatic rings. The van der Waals surface area contributed by atoms with Crippen LogP contribution in [0.2, 0.25) is 0 Å². The van der Waals surface area contributed by atoms with Crippen LogP contribution in [0.25, 0.3) is 0 Å². The summed E-state index contributed by atoms with van der Waals surface area (Å²) in [6, 6.07) is -0.692. The highest BCUT2D eigenvalue weighted by Crippen LogP contribution is 2.66. The van der Waals surface area contributed by atoms with Crippen LogP contribution in [-0.4, -0.2) is 18.5 Å². The Morgan fingerprint density at radius 3 is 1.12 bits per heavy atom. The number of hydrogen-bond acceptors (Lipinski definition) is 0. The van der Waals surface area contributed by atoms with E-state index in [1.165, 1.54) is 0 Å². The molecule has 25 heavy (non-hydrogen) atoms. The minimum absolute atomic E-state index is 0.129. The van der Waals surface area contributed by atoms with Gasteiger partial charge in [0.15, 0.2) is 6.17 Å². The molecule has 0 aromatic heterocycles. The van der Waals surface area contributed by atoms with Crippen LogP contribution in [0, 0.1) is 5.41 Å². The van der Waals surface area contributed by atoms with Crippen molar-refractivity contribution in [2.45, 2.75) is 30.9 Å². The predicted molar refractivity (Wildman–Crippen MR) is 55.9 cm³/mol. The van der Waals surface area contributed by atoms with Crippen molar-refractivity contribution in [1.29, 1.82) is 0 Å². The van der Waals surface area contributed by atoms with Crippen LogP contribution in [0.3, 0.4) is 0 Å². The van der Waals surface area contributed by atoms with Gasteiger partial charge in [0, 0.05) is 0 Å². The quantitative estimate of drug-likeness (QED) is 0.509. The van der Waals surface area contributed by atoms with Gasteiger partial charge in [-0.2, -0.15) is 52.7 Å². The molecule has 0 saturated heterocycles. The lowest BCUT2D eigenvalue weighted by atomic mass is 9.77. The predicted octanol–water partition coefficient (Wildman–Crippen LogP) is 6.39. The fraction of sp³-hybridized carbons (Fsp3) is 0.500. The summed E-state index contributed by atoms with van der Waals surface area (Å²) in [5.74, 6) is 0. The molecule has 0 nitrogen and oxygen atoms in total. The van der Waals surface area contributed by atoms with Gasteiger partial charge in [0.2, 0.25) is 0 Å². The molecule has 13 heteroatoms. The second-order valence-electron chi connectivity index (χ2n) is 4.78. The standard InChI is InChI=1S/C12H5F13/c13-7(5-1-3-6(4-2-5)9(14,15)16)8(10(17,18)19,11(20,21)22)12(23,24)25/h1-4,7H. The van der Waals surface area contributed by atoms with Gasteiger partial charge in [-0.1, -0.05) is 12.1 Å². The van der Waals surface area contributed by atoms with Crippen molar-refractivity contribution in [3.05, 3.63) is 35.4 Å². The summed E-state index contributed by atoms with van der Waals surface area (Å²) < 4.78 is 165. The topological polar surface area (TPSA) is 0 Å². The molecule has 1 rings (SSSR count). The van der Waals surface area contributed by atoms with E-state index in [-0.39, 0.29) is 24.3 Å². The van der Waals surface area contributed by atoms with Crippen LogP contribution in [0.5, 0.6) is 0 Å². The fourth-order valence-electron chi connectivity index (χ4n) is 2.00. The SMILES string of the molecule is FC(c1ccc(C(F)(F)F)cc1)C(C(F)(F)F)(C(F)(F)F)C(F)(F)F. The minimum atomic E-state index is -7.16. The van der Waals surface area contributed by atoms with Gasteiger partial charge in [-0.15, -0.1) is 0 Å². The molecule has 0 radical (unpaired) electrons. The van der Waals surface area contributed by atoms with Crippen LogP contribution < -0.4 is 0 Å². The average molecular weight is 396 g/mol. The van der Waals surface area contributed by atoms with E-state index in [0.29, 0.717) is 0 Å². The first kappa shape index (κ1) is 21.4. The van der Waals surface area contributed by atoms with Crippen LogP contribution in [0.15, 0.2) is 24.3 Å². The summed E-state index contributed by atoms with van der Waals surface area (Å²) in [7, 11) is 0. The van der Waals surface area contributed by atoms with E-state index in [4.69, 9.17) is 0 Å². The molecule has 144 valence electrons. The van der Waals surface area contributed by atoms with Gasteiger partial charge in [-0.05, 0) is 17.7 Å². The summed E-state index contributed by atoms with van der Waals surface area (Å²) in [5.41, 5.74) is -10.3. The molecule has 0 amide bonds. The average Bonchev–Trinajstić information content (AvgIpc) is 2.32. The van der Waals surface area contributed by atoms with E-state index in [9.17, 15) is 57.1 Å². The Bertz CT molecular complexity index is 548. The monoisotopic (exact) mass is 396 g/mol. The maximum Gasteiger partial charge on any atom is 0.416 e. The molecule has 0 aliphatic heterocycles. The Morgan fingerprint density at radius 2 is 0.880 bits per heavy atom. The zero-order valence-corrected chi connectivity index (χ0v) is 11.3. The second-order valence-corrected chi connectivity index (χ2v) is 4.78. The molecule has 0 spiro atoms. The minimum Gasteiger partial charge on any atom is -0.241 e. The van der Waals surface area contributed by atoms with Crippen molar-refractivity contribution < 1.29 is 57.1 Å². The van der Waals surface area contributed by atoms with Crippen LogP contribution in [0.4, 0.5) is 57.1 Å². The normalized spacial score (nSPS) is 16.0. The Hall–Kier alpha value is -1.69. The zero-order valence-electron chi connectivity index (χ0n) is 11.3. The molecule has 1 aromatic carbocycles. The molecular formula is C12H5F13. The molecule has 1 atom stereocenters. The lowest BCUT2D eigenvalue weighted by molar-refractivity contribution is -0.443. The lowest BCUT2D eigenvalue weighted by Crippen LogP contribution is -2.62. The third-order valence-corrected chi connectivity index (χ3v) is 3.25. The summed E-state index contributed by atoms with van der Waals surface area (Å²) >= 11 is 0. The highest BCUT2D eigenvalue weighted by Gasteiger charge is 2.87. The van der Waals surface area contributed by atoms with Crippen molar-refractivity contribution in [1.82, 2.24) is 0 Å². The Balaban J connectivity index is 3.62. The lowest BCUT2D eigenvalue weighted by Gasteiger charge is -2.40. The first-order valence-electron chi connectivity index (χ1n) is 5.88. The summed E-state index contributed by atoms with van der Waals surface area (Å²) in [4.78, 5) is 0. The zero-order chi connectivity index (χ0) is 20.1. The molecular weight excluding hydrogens is 391 g/mol. The van der Waals surface area contributed by atoms with Gasteiger partial charge in [0.1, 0.15) is 0 Å². The molecule has 0 aliphatic rings. The number of hydrogen-bond donors (Lipinski definition) is 0. The first-order valence-corrected chi connectivity index (χ1v) is 5.88. The van der Waals surface area contributed by atoms with Crippen LogP contribution >= 0.6 is 0 Å². The molecule has 0 fully saturated rings. The van der Waals surface area contributed by atoms with Gasteiger partial charge < -0.3 is 0 Å². The Morgan fingerprint density at radius 1 is 0.560 bits per heavy atom. The molecule has 0 aliphatic carbocycles. The van der Waals surface area contributed by atoms with Crippen LogP contribution in [0.1, 0.15) is 17.3 Å². The molecule has 1 unspecified atom stereocenters. The fourth-order valence-corrected chi connectivity index (χ4v) is 2.00. The van der Waals surface area contributed by atoms with Crippen molar-refractivity contribution in [2.24, 2.45) is 5.41 Å². The van der Waals surface area contributed by atoms with Gasteiger partial charge in [-0.3, -0.25) is 0 Å². The number of alkyl halides is 13. The maximum absolute atomic E-state index is 13.9. The van der Waals surface area contributed by atoms with Gasteiger partial charge in [0.05, 0.1) is 5.56 Å². The van der Waals surface area contributed by atoms with Gasteiger partial charge in [0.25, 0.3) is 5.41 Å². The van der Waals surface area contributed by atoms with E-state index in [1.807, 2.05) is 0 Å². The van der Waals surface area contributed by atoms with Gasteiger partial charge >= 0.3 is 24.7 Å². The maximum atomic E-state index is 13.9. The van der Waals surface area contributed by atoms with Crippen LogP contribution in [-0.2, 0) is 6.18 Å². The third kappa shape index (κ3) is 3.50. The summed E-state index contributed by atoms with van der Waals surface area (Å²) in [6.45, 7) is 0. The first-order chi connectivity index (χ1) is 10.9. The largest absolute Gasteiger partial charge is 0.416 e. The Labute approximate surface area is 130 Å².